The summed E-state index contributed by atoms with van der Waals surface area (Å²) >= 11 is 5.93. The second-order valence-electron chi connectivity index (χ2n) is 9.52. The van der Waals surface area contributed by atoms with Gasteiger partial charge in [0.15, 0.2) is 0 Å². The quantitative estimate of drug-likeness (QED) is 0.157. The zero-order valence-electron chi connectivity index (χ0n) is 21.2. The Morgan fingerprint density at radius 2 is 0.853 bits per heavy atom. The fourth-order valence-electron chi connectivity index (χ4n) is 4.44. The summed E-state index contributed by atoms with van der Waals surface area (Å²) in [7, 11) is 0. The van der Waals surface area contributed by atoms with E-state index in [-0.39, 0.29) is 0 Å². The number of unbranched alkanes of at least 4 members (excludes halogenated alkanes) is 12. The molecule has 0 aliphatic rings. The molecule has 0 aliphatic heterocycles. The largest absolute Gasteiger partial charge is 0.396 e. The van der Waals surface area contributed by atoms with E-state index in [0.29, 0.717) is 6.61 Å². The van der Waals surface area contributed by atoms with Crippen LogP contribution in [0.3, 0.4) is 0 Å². The molecule has 0 aliphatic carbocycles. The summed E-state index contributed by atoms with van der Waals surface area (Å²) < 4.78 is 0. The van der Waals surface area contributed by atoms with E-state index in [1.807, 2.05) is 34.0 Å². The van der Waals surface area contributed by atoms with Crippen molar-refractivity contribution in [1.82, 2.24) is 0 Å². The van der Waals surface area contributed by atoms with Gasteiger partial charge in [-0.25, -0.2) is 0 Å². The molecular formula is C30H44OS3. The van der Waals surface area contributed by atoms with Gasteiger partial charge in [0.05, 0.1) is 0 Å². The lowest BCUT2D eigenvalue weighted by atomic mass is 10.1. The van der Waals surface area contributed by atoms with Gasteiger partial charge in [-0.05, 0) is 68.5 Å². The van der Waals surface area contributed by atoms with Crippen molar-refractivity contribution in [2.45, 2.75) is 110 Å². The average molecular weight is 517 g/mol. The van der Waals surface area contributed by atoms with Gasteiger partial charge < -0.3 is 5.11 Å². The van der Waals surface area contributed by atoms with Gasteiger partial charge in [0.2, 0.25) is 0 Å². The molecule has 0 spiro atoms. The molecule has 34 heavy (non-hydrogen) atoms. The van der Waals surface area contributed by atoms with Gasteiger partial charge >= 0.3 is 0 Å². The van der Waals surface area contributed by atoms with Gasteiger partial charge in [-0.1, -0.05) is 77.6 Å². The van der Waals surface area contributed by atoms with E-state index in [4.69, 9.17) is 5.11 Å². The van der Waals surface area contributed by atoms with Crippen molar-refractivity contribution in [3.8, 4) is 19.5 Å². The van der Waals surface area contributed by atoms with Crippen molar-refractivity contribution in [3.63, 3.8) is 0 Å². The maximum absolute atomic E-state index is 8.83. The Morgan fingerprint density at radius 3 is 1.32 bits per heavy atom. The molecule has 3 aromatic heterocycles. The minimum Gasteiger partial charge on any atom is -0.396 e. The normalized spacial score (nSPS) is 11.5. The van der Waals surface area contributed by atoms with Crippen LogP contribution < -0.4 is 0 Å². The van der Waals surface area contributed by atoms with Crippen LogP contribution in [0.2, 0.25) is 0 Å². The standard InChI is InChI=1S/C30H44OS3/c1-2-3-4-5-10-13-16-25-18-20-27(32-25)29-22-23-30(34-29)28-21-19-26(33-28)17-14-11-8-6-7-9-12-15-24-31/h18-23,31H,2-17,24H2,1H3. The highest BCUT2D eigenvalue weighted by Gasteiger charge is 2.10. The summed E-state index contributed by atoms with van der Waals surface area (Å²) in [6.45, 7) is 2.64. The first-order chi connectivity index (χ1) is 16.8. The molecule has 1 nitrogen and oxygen atoms in total. The third-order valence-electron chi connectivity index (χ3n) is 6.52. The lowest BCUT2D eigenvalue weighted by molar-refractivity contribution is 0.282. The molecule has 188 valence electrons. The predicted octanol–water partition coefficient (Wildman–Crippen LogP) is 10.8. The monoisotopic (exact) mass is 516 g/mol. The summed E-state index contributed by atoms with van der Waals surface area (Å²) in [6.07, 6.45) is 20.8. The zero-order valence-corrected chi connectivity index (χ0v) is 23.6. The second-order valence-corrected chi connectivity index (χ2v) is 12.9. The SMILES string of the molecule is CCCCCCCCc1ccc(-c2ccc(-c3ccc(CCCCCCCCCCO)s3)s2)s1. The van der Waals surface area contributed by atoms with Crippen molar-refractivity contribution < 1.29 is 5.11 Å². The molecule has 0 fully saturated rings. The minimum atomic E-state index is 0.351. The molecule has 0 bridgehead atoms. The number of thiophene rings is 3. The third kappa shape index (κ3) is 9.97. The van der Waals surface area contributed by atoms with Crippen molar-refractivity contribution in [2.24, 2.45) is 0 Å². The molecule has 3 heterocycles. The summed E-state index contributed by atoms with van der Waals surface area (Å²) in [5, 5.41) is 8.83. The molecule has 0 atom stereocenters. The topological polar surface area (TPSA) is 20.2 Å². The highest BCUT2D eigenvalue weighted by molar-refractivity contribution is 7.26. The molecule has 1 N–H and O–H groups in total. The van der Waals surface area contributed by atoms with Crippen molar-refractivity contribution in [1.29, 1.82) is 0 Å². The van der Waals surface area contributed by atoms with Crippen LogP contribution in [0.25, 0.3) is 19.5 Å². The average Bonchev–Trinajstić information content (AvgIpc) is 3.61. The third-order valence-corrected chi connectivity index (χ3v) is 10.3. The van der Waals surface area contributed by atoms with Gasteiger partial charge in [-0.2, -0.15) is 0 Å². The molecule has 0 saturated carbocycles. The van der Waals surface area contributed by atoms with E-state index in [1.165, 1.54) is 121 Å². The summed E-state index contributed by atoms with van der Waals surface area (Å²) in [5.41, 5.74) is 0. The lowest BCUT2D eigenvalue weighted by Crippen LogP contribution is -1.85. The molecule has 0 unspecified atom stereocenters. The fraction of sp³-hybridized carbons (Fsp3) is 0.600. The van der Waals surface area contributed by atoms with Gasteiger partial charge in [-0.15, -0.1) is 34.0 Å². The van der Waals surface area contributed by atoms with Crippen LogP contribution >= 0.6 is 34.0 Å². The van der Waals surface area contributed by atoms with Crippen LogP contribution in [0.1, 0.15) is 107 Å². The first-order valence-electron chi connectivity index (χ1n) is 13.7. The highest BCUT2D eigenvalue weighted by Crippen LogP contribution is 2.40. The lowest BCUT2D eigenvalue weighted by Gasteiger charge is -2.01. The smallest absolute Gasteiger partial charge is 0.0449 e. The highest BCUT2D eigenvalue weighted by atomic mass is 32.1. The van der Waals surface area contributed by atoms with Gasteiger partial charge in [0.25, 0.3) is 0 Å². The van der Waals surface area contributed by atoms with Crippen molar-refractivity contribution >= 4 is 34.0 Å². The molecule has 0 aromatic carbocycles. The Kier molecular flexibility index (Phi) is 13.6. The van der Waals surface area contributed by atoms with Gasteiger partial charge in [0.1, 0.15) is 0 Å². The van der Waals surface area contributed by atoms with Gasteiger partial charge in [0, 0.05) is 35.9 Å². The summed E-state index contributed by atoms with van der Waals surface area (Å²) in [4.78, 5) is 8.78. The molecule has 0 radical (unpaired) electrons. The number of hydrogen-bond acceptors (Lipinski definition) is 4. The summed E-state index contributed by atoms with van der Waals surface area (Å²) in [6, 6.07) is 14.0. The Labute approximate surface area is 220 Å². The minimum absolute atomic E-state index is 0.351. The first kappa shape index (κ1) is 27.6. The first-order valence-corrected chi connectivity index (χ1v) is 16.1. The van der Waals surface area contributed by atoms with Crippen molar-refractivity contribution in [2.75, 3.05) is 6.61 Å². The zero-order chi connectivity index (χ0) is 23.8. The summed E-state index contributed by atoms with van der Waals surface area (Å²) in [5.74, 6) is 0. The Hall–Kier alpha value is -0.940. The van der Waals surface area contributed by atoms with Crippen LogP contribution in [0.5, 0.6) is 0 Å². The van der Waals surface area contributed by atoms with Crippen molar-refractivity contribution in [3.05, 3.63) is 46.2 Å². The predicted molar refractivity (Wildman–Crippen MR) is 156 cm³/mol. The van der Waals surface area contributed by atoms with E-state index in [0.717, 1.165) is 6.42 Å². The Balaban J connectivity index is 1.37. The van der Waals surface area contributed by atoms with E-state index in [2.05, 4.69) is 43.3 Å². The molecule has 0 amide bonds. The molecule has 0 saturated heterocycles. The van der Waals surface area contributed by atoms with E-state index in [1.54, 1.807) is 4.88 Å². The van der Waals surface area contributed by atoms with E-state index >= 15 is 0 Å². The number of rotatable bonds is 19. The maximum atomic E-state index is 8.83. The fourth-order valence-corrected chi connectivity index (χ4v) is 7.73. The molecule has 4 heteroatoms. The molecule has 3 rings (SSSR count). The maximum Gasteiger partial charge on any atom is 0.0449 e. The van der Waals surface area contributed by atoms with Crippen LogP contribution in [0.15, 0.2) is 36.4 Å². The van der Waals surface area contributed by atoms with Crippen LogP contribution in [-0.2, 0) is 12.8 Å². The van der Waals surface area contributed by atoms with E-state index in [9.17, 15) is 0 Å². The number of aliphatic hydroxyl groups is 1. The van der Waals surface area contributed by atoms with Crippen LogP contribution in [0, 0.1) is 0 Å². The second kappa shape index (κ2) is 16.7. The Morgan fingerprint density at radius 1 is 0.471 bits per heavy atom. The van der Waals surface area contributed by atoms with Crippen LogP contribution in [0.4, 0.5) is 0 Å². The molecule has 3 aromatic rings. The number of hydrogen-bond donors (Lipinski definition) is 1. The van der Waals surface area contributed by atoms with E-state index < -0.39 is 0 Å². The van der Waals surface area contributed by atoms with Gasteiger partial charge in [-0.3, -0.25) is 0 Å². The molecular weight excluding hydrogens is 473 g/mol. The number of aliphatic hydroxyl groups excluding tert-OH is 1. The Bertz CT molecular complexity index is 904. The van der Waals surface area contributed by atoms with Crippen LogP contribution in [-0.4, -0.2) is 11.7 Å². The number of aryl methyl sites for hydroxylation is 2.